The van der Waals surface area contributed by atoms with E-state index in [0.29, 0.717) is 11.8 Å². The topological polar surface area (TPSA) is 64.4 Å². The van der Waals surface area contributed by atoms with Gasteiger partial charge in [-0.3, -0.25) is 4.79 Å². The fourth-order valence-corrected chi connectivity index (χ4v) is 2.42. The average molecular weight is 238 g/mol. The highest BCUT2D eigenvalue weighted by Gasteiger charge is 2.20. The van der Waals surface area contributed by atoms with Crippen molar-refractivity contribution in [2.45, 2.75) is 44.6 Å². The first-order chi connectivity index (χ1) is 8.20. The molecule has 1 heterocycles. The summed E-state index contributed by atoms with van der Waals surface area (Å²) < 4.78 is 6.58. The van der Waals surface area contributed by atoms with Crippen LogP contribution in [0.4, 0.5) is 0 Å². The van der Waals surface area contributed by atoms with Crippen molar-refractivity contribution >= 4 is 5.97 Å². The van der Waals surface area contributed by atoms with Crippen LogP contribution >= 0.6 is 0 Å². The van der Waals surface area contributed by atoms with Gasteiger partial charge in [-0.2, -0.15) is 5.10 Å². The lowest BCUT2D eigenvalue weighted by molar-refractivity contribution is -0.138. The van der Waals surface area contributed by atoms with Crippen molar-refractivity contribution in [2.24, 2.45) is 0 Å². The van der Waals surface area contributed by atoms with Crippen molar-refractivity contribution in [3.63, 3.8) is 0 Å². The van der Waals surface area contributed by atoms with Gasteiger partial charge in [0, 0.05) is 12.0 Å². The van der Waals surface area contributed by atoms with Gasteiger partial charge in [0.25, 0.3) is 0 Å². The van der Waals surface area contributed by atoms with E-state index in [1.54, 1.807) is 7.11 Å². The molecule has 17 heavy (non-hydrogen) atoms. The average Bonchev–Trinajstić information content (AvgIpc) is 2.72. The molecule has 0 saturated heterocycles. The van der Waals surface area contributed by atoms with Crippen LogP contribution in [-0.4, -0.2) is 28.0 Å². The number of aromatic nitrogens is 2. The van der Waals surface area contributed by atoms with Gasteiger partial charge in [0.1, 0.15) is 6.54 Å². The number of carbonyl (C=O) groups is 1. The van der Waals surface area contributed by atoms with Gasteiger partial charge in [0.2, 0.25) is 5.88 Å². The molecule has 1 aromatic heterocycles. The number of rotatable bonds is 4. The summed E-state index contributed by atoms with van der Waals surface area (Å²) in [4.78, 5) is 10.7. The van der Waals surface area contributed by atoms with E-state index in [1.807, 2.05) is 6.07 Å². The Balaban J connectivity index is 2.17. The van der Waals surface area contributed by atoms with Gasteiger partial charge >= 0.3 is 5.97 Å². The first-order valence-corrected chi connectivity index (χ1v) is 6.04. The maximum atomic E-state index is 10.7. The molecule has 0 bridgehead atoms. The van der Waals surface area contributed by atoms with Crippen molar-refractivity contribution in [3.8, 4) is 5.88 Å². The van der Waals surface area contributed by atoms with Crippen LogP contribution < -0.4 is 4.74 Å². The van der Waals surface area contributed by atoms with E-state index in [0.717, 1.165) is 18.5 Å². The fourth-order valence-electron chi connectivity index (χ4n) is 2.42. The molecular formula is C12H18N2O3. The first-order valence-electron chi connectivity index (χ1n) is 6.04. The van der Waals surface area contributed by atoms with Gasteiger partial charge in [-0.25, -0.2) is 4.68 Å². The highest BCUT2D eigenvalue weighted by Crippen LogP contribution is 2.33. The molecule has 2 rings (SSSR count). The van der Waals surface area contributed by atoms with Gasteiger partial charge in [-0.15, -0.1) is 0 Å². The Kier molecular flexibility index (Phi) is 3.66. The fraction of sp³-hybridized carbons (Fsp3) is 0.667. The molecule has 5 nitrogen and oxygen atoms in total. The molecule has 1 N–H and O–H groups in total. The number of ether oxygens (including phenoxy) is 1. The predicted octanol–water partition coefficient (Wildman–Crippen LogP) is 2.02. The largest absolute Gasteiger partial charge is 0.481 e. The molecule has 0 aromatic carbocycles. The van der Waals surface area contributed by atoms with Crippen LogP contribution in [0.25, 0.3) is 0 Å². The number of carboxylic acids is 1. The molecule has 0 spiro atoms. The Hall–Kier alpha value is -1.52. The smallest absolute Gasteiger partial charge is 0.325 e. The lowest BCUT2D eigenvalue weighted by atomic mass is 9.87. The van der Waals surface area contributed by atoms with Crippen LogP contribution in [0.1, 0.15) is 43.7 Å². The lowest BCUT2D eigenvalue weighted by Gasteiger charge is -2.19. The zero-order chi connectivity index (χ0) is 12.3. The van der Waals surface area contributed by atoms with Gasteiger partial charge < -0.3 is 9.84 Å². The van der Waals surface area contributed by atoms with Crippen LogP contribution in [0.5, 0.6) is 5.88 Å². The second kappa shape index (κ2) is 5.21. The Morgan fingerprint density at radius 1 is 1.53 bits per heavy atom. The summed E-state index contributed by atoms with van der Waals surface area (Å²) in [7, 11) is 1.54. The summed E-state index contributed by atoms with van der Waals surface area (Å²) in [6.07, 6.45) is 6.06. The number of hydrogen-bond acceptors (Lipinski definition) is 3. The number of hydrogen-bond donors (Lipinski definition) is 1. The van der Waals surface area contributed by atoms with Crippen molar-refractivity contribution in [1.82, 2.24) is 9.78 Å². The maximum Gasteiger partial charge on any atom is 0.325 e. The number of nitrogens with zero attached hydrogens (tertiary/aromatic N) is 2. The summed E-state index contributed by atoms with van der Waals surface area (Å²) in [6, 6.07) is 1.87. The zero-order valence-electron chi connectivity index (χ0n) is 10.1. The number of aliphatic carboxylic acids is 1. The molecule has 94 valence electrons. The third-order valence-electron chi connectivity index (χ3n) is 3.28. The van der Waals surface area contributed by atoms with E-state index in [2.05, 4.69) is 5.10 Å². The van der Waals surface area contributed by atoms with Gasteiger partial charge in [-0.1, -0.05) is 19.3 Å². The zero-order valence-corrected chi connectivity index (χ0v) is 10.1. The number of carboxylic acid groups (broad SMARTS) is 1. The molecule has 0 amide bonds. The molecular weight excluding hydrogens is 220 g/mol. The Morgan fingerprint density at radius 3 is 2.82 bits per heavy atom. The van der Waals surface area contributed by atoms with Crippen LogP contribution in [0, 0.1) is 0 Å². The molecule has 0 radical (unpaired) electrons. The third kappa shape index (κ3) is 2.78. The summed E-state index contributed by atoms with van der Waals surface area (Å²) in [5, 5.41) is 13.1. The van der Waals surface area contributed by atoms with Crippen LogP contribution in [0.15, 0.2) is 6.07 Å². The van der Waals surface area contributed by atoms with Crippen LogP contribution in [0.3, 0.4) is 0 Å². The lowest BCUT2D eigenvalue weighted by Crippen LogP contribution is -2.12. The number of methoxy groups -OCH3 is 1. The molecule has 0 unspecified atom stereocenters. The van der Waals surface area contributed by atoms with Crippen molar-refractivity contribution in [2.75, 3.05) is 7.11 Å². The predicted molar refractivity (Wildman–Crippen MR) is 62.2 cm³/mol. The molecule has 5 heteroatoms. The standard InChI is InChI=1S/C12H18N2O3/c1-17-11-7-10(9-5-3-2-4-6-9)13-14(11)8-12(15)16/h7,9H,2-6,8H2,1H3,(H,15,16). The minimum atomic E-state index is -0.901. The van der Waals surface area contributed by atoms with Crippen molar-refractivity contribution in [3.05, 3.63) is 11.8 Å². The second-order valence-electron chi connectivity index (χ2n) is 4.50. The first kappa shape index (κ1) is 12.0. The van der Waals surface area contributed by atoms with E-state index >= 15 is 0 Å². The maximum absolute atomic E-state index is 10.7. The second-order valence-corrected chi connectivity index (χ2v) is 4.50. The van der Waals surface area contributed by atoms with E-state index in [-0.39, 0.29) is 6.54 Å². The SMILES string of the molecule is COc1cc(C2CCCCC2)nn1CC(=O)O. The highest BCUT2D eigenvalue weighted by atomic mass is 16.5. The molecule has 0 atom stereocenters. The monoisotopic (exact) mass is 238 g/mol. The van der Waals surface area contributed by atoms with Crippen molar-refractivity contribution < 1.29 is 14.6 Å². The Labute approximate surface area is 100 Å². The molecule has 1 aliphatic rings. The van der Waals surface area contributed by atoms with Crippen LogP contribution in [0.2, 0.25) is 0 Å². The van der Waals surface area contributed by atoms with E-state index in [4.69, 9.17) is 9.84 Å². The quantitative estimate of drug-likeness (QED) is 0.871. The van der Waals surface area contributed by atoms with E-state index in [1.165, 1.54) is 23.9 Å². The summed E-state index contributed by atoms with van der Waals surface area (Å²) >= 11 is 0. The minimum Gasteiger partial charge on any atom is -0.481 e. The minimum absolute atomic E-state index is 0.143. The highest BCUT2D eigenvalue weighted by molar-refractivity contribution is 5.66. The molecule has 1 aromatic rings. The van der Waals surface area contributed by atoms with E-state index < -0.39 is 5.97 Å². The Morgan fingerprint density at radius 2 is 2.24 bits per heavy atom. The van der Waals surface area contributed by atoms with E-state index in [9.17, 15) is 4.79 Å². The molecule has 1 saturated carbocycles. The molecule has 0 aliphatic heterocycles. The molecule has 1 fully saturated rings. The third-order valence-corrected chi connectivity index (χ3v) is 3.28. The summed E-state index contributed by atoms with van der Waals surface area (Å²) in [5.74, 6) is 0.0993. The van der Waals surface area contributed by atoms with Gasteiger partial charge in [-0.05, 0) is 12.8 Å². The van der Waals surface area contributed by atoms with Crippen molar-refractivity contribution in [1.29, 1.82) is 0 Å². The van der Waals surface area contributed by atoms with Gasteiger partial charge in [0.05, 0.1) is 12.8 Å². The Bertz CT molecular complexity index is 394. The molecule has 1 aliphatic carbocycles. The normalized spacial score (nSPS) is 17.0. The van der Waals surface area contributed by atoms with Crippen LogP contribution in [-0.2, 0) is 11.3 Å². The summed E-state index contributed by atoms with van der Waals surface area (Å²) in [6.45, 7) is -0.143. The summed E-state index contributed by atoms with van der Waals surface area (Å²) in [5.41, 5.74) is 0.975. The van der Waals surface area contributed by atoms with Gasteiger partial charge in [0.15, 0.2) is 0 Å².